The third-order valence-corrected chi connectivity index (χ3v) is 3.99. The molecule has 3 aromatic heterocycles. The summed E-state index contributed by atoms with van der Waals surface area (Å²) >= 11 is 0. The highest BCUT2D eigenvalue weighted by molar-refractivity contribution is 5.97. The number of carbonyl (C=O) groups is 1. The first-order valence-corrected chi connectivity index (χ1v) is 8.00. The molecule has 4 rings (SSSR count). The average Bonchev–Trinajstić information content (AvgIpc) is 3.41. The van der Waals surface area contributed by atoms with Crippen molar-refractivity contribution in [2.75, 3.05) is 0 Å². The minimum Gasteiger partial charge on any atom is -0.345 e. The molecule has 11 heteroatoms. The van der Waals surface area contributed by atoms with Crippen LogP contribution in [0.15, 0.2) is 49.2 Å². The van der Waals surface area contributed by atoms with Crippen LogP contribution in [0.1, 0.15) is 28.9 Å². The summed E-state index contributed by atoms with van der Waals surface area (Å²) in [6.45, 7) is 1.80. The van der Waals surface area contributed by atoms with Gasteiger partial charge in [-0.1, -0.05) is 12.1 Å². The Hall–Kier alpha value is -3.89. The summed E-state index contributed by atoms with van der Waals surface area (Å²) in [5.74, 6) is -0.388. The second kappa shape index (κ2) is 6.78. The van der Waals surface area contributed by atoms with Crippen LogP contribution in [0.3, 0.4) is 0 Å². The highest BCUT2D eigenvalue weighted by Gasteiger charge is 2.19. The molecule has 10 nitrogen and oxygen atoms in total. The minimum absolute atomic E-state index is 0.288. The van der Waals surface area contributed by atoms with Crippen LogP contribution in [0.4, 0.5) is 4.39 Å². The van der Waals surface area contributed by atoms with Crippen molar-refractivity contribution < 1.29 is 9.18 Å². The van der Waals surface area contributed by atoms with Crippen molar-refractivity contribution in [2.45, 2.75) is 13.0 Å². The molecule has 3 heterocycles. The van der Waals surface area contributed by atoms with E-state index in [2.05, 4.69) is 36.1 Å². The van der Waals surface area contributed by atoms with Crippen molar-refractivity contribution in [3.63, 3.8) is 0 Å². The summed E-state index contributed by atoms with van der Waals surface area (Å²) in [5, 5.41) is 24.4. The lowest BCUT2D eigenvalue weighted by Crippen LogP contribution is -2.27. The number of carbonyl (C=O) groups excluding carboxylic acids is 1. The summed E-state index contributed by atoms with van der Waals surface area (Å²) in [6.07, 6.45) is 5.99. The van der Waals surface area contributed by atoms with E-state index in [1.165, 1.54) is 28.0 Å². The molecule has 1 atom stereocenters. The molecule has 27 heavy (non-hydrogen) atoms. The predicted molar refractivity (Wildman–Crippen MR) is 90.7 cm³/mol. The van der Waals surface area contributed by atoms with Crippen LogP contribution in [0, 0.1) is 5.82 Å². The van der Waals surface area contributed by atoms with Gasteiger partial charge >= 0.3 is 0 Å². The molecular formula is C16H14FN9O. The second-order valence-corrected chi connectivity index (χ2v) is 5.75. The van der Waals surface area contributed by atoms with E-state index in [1.807, 2.05) is 0 Å². The van der Waals surface area contributed by atoms with Crippen molar-refractivity contribution in [1.29, 1.82) is 0 Å². The van der Waals surface area contributed by atoms with Gasteiger partial charge in [0.1, 0.15) is 23.4 Å². The van der Waals surface area contributed by atoms with E-state index in [-0.39, 0.29) is 23.3 Å². The first-order valence-electron chi connectivity index (χ1n) is 8.00. The van der Waals surface area contributed by atoms with Crippen molar-refractivity contribution in [1.82, 2.24) is 45.5 Å². The Bertz CT molecular complexity index is 1070. The Morgan fingerprint density at radius 1 is 1.26 bits per heavy atom. The summed E-state index contributed by atoms with van der Waals surface area (Å²) in [5.41, 5.74) is 1.34. The highest BCUT2D eigenvalue weighted by Crippen LogP contribution is 2.18. The number of rotatable bonds is 5. The standard InChI is InChI=1S/C16H14FN9O/c1-10(11-6-20-25(8-11)14-5-3-2-4-13(14)17)21-16(27)12-7-18-22-15(12)26-9-19-23-24-26/h2-10H,1H3,(H,18,22)(H,21,27)/t10-/m0/s1. The van der Waals surface area contributed by atoms with E-state index >= 15 is 0 Å². The molecule has 0 aliphatic carbocycles. The number of halogens is 1. The summed E-state index contributed by atoms with van der Waals surface area (Å²) in [7, 11) is 0. The van der Waals surface area contributed by atoms with E-state index < -0.39 is 0 Å². The molecule has 0 unspecified atom stereocenters. The van der Waals surface area contributed by atoms with E-state index in [9.17, 15) is 9.18 Å². The van der Waals surface area contributed by atoms with Crippen LogP contribution in [0.5, 0.6) is 0 Å². The second-order valence-electron chi connectivity index (χ2n) is 5.75. The van der Waals surface area contributed by atoms with E-state index in [4.69, 9.17) is 0 Å². The van der Waals surface area contributed by atoms with Gasteiger partial charge in [-0.05, 0) is 29.5 Å². The smallest absolute Gasteiger partial charge is 0.257 e. The number of hydrogen-bond donors (Lipinski definition) is 2. The lowest BCUT2D eigenvalue weighted by molar-refractivity contribution is 0.0940. The molecule has 0 saturated heterocycles. The molecule has 0 aliphatic heterocycles. The minimum atomic E-state index is -0.381. The zero-order valence-corrected chi connectivity index (χ0v) is 14.1. The largest absolute Gasteiger partial charge is 0.345 e. The normalized spacial score (nSPS) is 12.1. The average molecular weight is 367 g/mol. The predicted octanol–water partition coefficient (Wildman–Crippen LogP) is 1.20. The number of hydrogen-bond acceptors (Lipinski definition) is 6. The Labute approximate surface area is 152 Å². The summed E-state index contributed by atoms with van der Waals surface area (Å²) in [6, 6.07) is 5.96. The van der Waals surface area contributed by atoms with Gasteiger partial charge in [0.25, 0.3) is 5.91 Å². The molecule has 136 valence electrons. The first kappa shape index (κ1) is 16.6. The third-order valence-electron chi connectivity index (χ3n) is 3.99. The number of aromatic nitrogens is 8. The van der Waals surface area contributed by atoms with Gasteiger partial charge in [0.05, 0.1) is 18.4 Å². The lowest BCUT2D eigenvalue weighted by Gasteiger charge is -2.12. The fourth-order valence-electron chi connectivity index (χ4n) is 2.57. The molecule has 0 spiro atoms. The van der Waals surface area contributed by atoms with Crippen LogP contribution in [-0.2, 0) is 0 Å². The molecule has 1 aromatic carbocycles. The number of tetrazole rings is 1. The molecule has 0 fully saturated rings. The first-order chi connectivity index (χ1) is 13.1. The van der Waals surface area contributed by atoms with Gasteiger partial charge in [-0.15, -0.1) is 5.10 Å². The van der Waals surface area contributed by atoms with Gasteiger partial charge in [0, 0.05) is 11.8 Å². The zero-order chi connectivity index (χ0) is 18.8. The number of para-hydroxylation sites is 1. The monoisotopic (exact) mass is 367 g/mol. The van der Waals surface area contributed by atoms with Crippen LogP contribution in [0.2, 0.25) is 0 Å². The third kappa shape index (κ3) is 3.17. The maximum Gasteiger partial charge on any atom is 0.257 e. The van der Waals surface area contributed by atoms with Crippen LogP contribution >= 0.6 is 0 Å². The van der Waals surface area contributed by atoms with Gasteiger partial charge in [0.15, 0.2) is 5.82 Å². The topological polar surface area (TPSA) is 119 Å². The Balaban J connectivity index is 1.52. The van der Waals surface area contributed by atoms with Gasteiger partial charge in [0.2, 0.25) is 0 Å². The SMILES string of the molecule is C[C@H](NC(=O)c1cn[nH]c1-n1cnnn1)c1cnn(-c2ccccc2F)c1. The summed E-state index contributed by atoms with van der Waals surface area (Å²) in [4.78, 5) is 12.6. The molecule has 0 aliphatic rings. The van der Waals surface area contributed by atoms with E-state index in [0.29, 0.717) is 11.5 Å². The molecule has 2 N–H and O–H groups in total. The molecule has 0 saturated carbocycles. The lowest BCUT2D eigenvalue weighted by atomic mass is 10.2. The number of nitrogens with one attached hydrogen (secondary N) is 2. The number of aromatic amines is 1. The fourth-order valence-corrected chi connectivity index (χ4v) is 2.57. The van der Waals surface area contributed by atoms with Crippen LogP contribution in [0.25, 0.3) is 11.5 Å². The van der Waals surface area contributed by atoms with Crippen molar-refractivity contribution in [3.05, 3.63) is 66.1 Å². The Morgan fingerprint density at radius 3 is 2.89 bits per heavy atom. The number of nitrogens with zero attached hydrogens (tertiary/aromatic N) is 7. The zero-order valence-electron chi connectivity index (χ0n) is 14.1. The molecule has 1 amide bonds. The maximum atomic E-state index is 13.9. The Kier molecular flexibility index (Phi) is 4.16. The van der Waals surface area contributed by atoms with Crippen LogP contribution < -0.4 is 5.32 Å². The quantitative estimate of drug-likeness (QED) is 0.547. The Morgan fingerprint density at radius 2 is 2.11 bits per heavy atom. The number of H-pyrrole nitrogens is 1. The highest BCUT2D eigenvalue weighted by atomic mass is 19.1. The molecule has 4 aromatic rings. The molecular weight excluding hydrogens is 353 g/mol. The molecule has 0 bridgehead atoms. The van der Waals surface area contributed by atoms with Crippen molar-refractivity contribution in [3.8, 4) is 11.5 Å². The molecule has 0 radical (unpaired) electrons. The van der Waals surface area contributed by atoms with Gasteiger partial charge in [-0.3, -0.25) is 9.89 Å². The summed E-state index contributed by atoms with van der Waals surface area (Å²) < 4.78 is 16.6. The fraction of sp³-hybridized carbons (Fsp3) is 0.125. The van der Waals surface area contributed by atoms with Crippen molar-refractivity contribution in [2.24, 2.45) is 0 Å². The number of benzene rings is 1. The van der Waals surface area contributed by atoms with Gasteiger partial charge < -0.3 is 5.32 Å². The van der Waals surface area contributed by atoms with E-state index in [0.717, 1.165) is 5.56 Å². The number of amides is 1. The van der Waals surface area contributed by atoms with Crippen LogP contribution in [-0.4, -0.2) is 46.1 Å². The van der Waals surface area contributed by atoms with Gasteiger partial charge in [-0.2, -0.15) is 14.9 Å². The van der Waals surface area contributed by atoms with Crippen molar-refractivity contribution >= 4 is 5.91 Å². The van der Waals surface area contributed by atoms with E-state index in [1.54, 1.807) is 37.5 Å². The maximum absolute atomic E-state index is 13.9. The van der Waals surface area contributed by atoms with Gasteiger partial charge in [-0.25, -0.2) is 9.07 Å².